The summed E-state index contributed by atoms with van der Waals surface area (Å²) < 4.78 is 0. The van der Waals surface area contributed by atoms with Crippen LogP contribution in [0.5, 0.6) is 0 Å². The molecule has 4 heteroatoms. The molecule has 0 saturated heterocycles. The molecule has 0 spiro atoms. The molecule has 0 aromatic rings. The monoisotopic (exact) mass is 420 g/mol. The zero-order valence-corrected chi connectivity index (χ0v) is 19.8. The van der Waals surface area contributed by atoms with E-state index >= 15 is 0 Å². The minimum Gasteiger partial charge on any atom is -0.392 e. The highest BCUT2D eigenvalue weighted by molar-refractivity contribution is 5.18. The van der Waals surface area contributed by atoms with E-state index in [0.29, 0.717) is 11.8 Å². The van der Waals surface area contributed by atoms with E-state index in [-0.39, 0.29) is 45.7 Å². The van der Waals surface area contributed by atoms with Gasteiger partial charge in [-0.15, -0.1) is 13.2 Å². The lowest BCUT2D eigenvalue weighted by Gasteiger charge is -2.37. The molecule has 4 aliphatic carbocycles. The third kappa shape index (κ3) is 2.86. The molecule has 0 aromatic carbocycles. The van der Waals surface area contributed by atoms with Gasteiger partial charge in [0.2, 0.25) is 0 Å². The lowest BCUT2D eigenvalue weighted by atomic mass is 9.70. The Morgan fingerprint density at radius 1 is 0.700 bits per heavy atom. The molecule has 0 radical (unpaired) electrons. The maximum atomic E-state index is 10.4. The van der Waals surface area contributed by atoms with Crippen LogP contribution in [0.4, 0.5) is 0 Å². The molecule has 0 heterocycles. The van der Waals surface area contributed by atoms with Gasteiger partial charge in [0.15, 0.2) is 0 Å². The van der Waals surface area contributed by atoms with Crippen molar-refractivity contribution >= 4 is 0 Å². The predicted molar refractivity (Wildman–Crippen MR) is 121 cm³/mol. The lowest BCUT2D eigenvalue weighted by molar-refractivity contribution is -0.0386. The quantitative estimate of drug-likeness (QED) is 0.520. The minimum absolute atomic E-state index is 0.0174. The third-order valence-corrected chi connectivity index (χ3v) is 11.0. The second-order valence-electron chi connectivity index (χ2n) is 12.1. The van der Waals surface area contributed by atoms with Crippen LogP contribution in [-0.2, 0) is 0 Å². The van der Waals surface area contributed by atoms with Crippen LogP contribution in [0, 0.1) is 45.3 Å². The highest BCUT2D eigenvalue weighted by atomic mass is 16.3. The van der Waals surface area contributed by atoms with Crippen molar-refractivity contribution in [2.75, 3.05) is 0 Å². The molecule has 0 amide bonds. The normalized spacial score (nSPS) is 49.3. The van der Waals surface area contributed by atoms with E-state index in [2.05, 4.69) is 54.7 Å². The van der Waals surface area contributed by atoms with E-state index in [9.17, 15) is 20.4 Å². The molecule has 4 bridgehead atoms. The Hall–Kier alpha value is -0.680. The van der Waals surface area contributed by atoms with Crippen LogP contribution in [0.1, 0.15) is 67.2 Å². The second kappa shape index (κ2) is 7.43. The summed E-state index contributed by atoms with van der Waals surface area (Å²) >= 11 is 0. The Morgan fingerprint density at radius 3 is 1.20 bits per heavy atom. The Labute approximate surface area is 183 Å². The van der Waals surface area contributed by atoms with Crippen molar-refractivity contribution in [3.63, 3.8) is 0 Å². The number of aliphatic hydroxyl groups excluding tert-OH is 4. The van der Waals surface area contributed by atoms with Crippen molar-refractivity contribution in [1.29, 1.82) is 0 Å². The van der Waals surface area contributed by atoms with Crippen molar-refractivity contribution < 1.29 is 20.4 Å². The molecule has 0 aliphatic heterocycles. The summed E-state index contributed by atoms with van der Waals surface area (Å²) in [5.74, 6) is 0.809. The van der Waals surface area contributed by atoms with Crippen molar-refractivity contribution in [3.05, 3.63) is 25.3 Å². The van der Waals surface area contributed by atoms with E-state index in [1.54, 1.807) is 12.2 Å². The lowest BCUT2D eigenvalue weighted by Crippen LogP contribution is -2.40. The summed E-state index contributed by atoms with van der Waals surface area (Å²) in [6.45, 7) is 20.5. The average molecular weight is 421 g/mol. The average Bonchev–Trinajstić information content (AvgIpc) is 3.18. The molecule has 4 aliphatic rings. The van der Waals surface area contributed by atoms with E-state index < -0.39 is 12.2 Å². The van der Waals surface area contributed by atoms with Gasteiger partial charge in [-0.25, -0.2) is 0 Å². The fourth-order valence-electron chi connectivity index (χ4n) is 7.98. The van der Waals surface area contributed by atoms with Gasteiger partial charge in [0.25, 0.3) is 0 Å². The second-order valence-corrected chi connectivity index (χ2v) is 12.1. The van der Waals surface area contributed by atoms with E-state index in [1.807, 2.05) is 0 Å². The van der Waals surface area contributed by atoms with Crippen molar-refractivity contribution in [2.45, 2.75) is 91.6 Å². The predicted octanol–water partition coefficient (Wildman–Crippen LogP) is 3.93. The van der Waals surface area contributed by atoms with Crippen LogP contribution >= 0.6 is 0 Å². The maximum absolute atomic E-state index is 10.4. The van der Waals surface area contributed by atoms with Gasteiger partial charge in [-0.05, 0) is 59.2 Å². The van der Waals surface area contributed by atoms with Gasteiger partial charge >= 0.3 is 0 Å². The molecule has 172 valence electrons. The largest absolute Gasteiger partial charge is 0.392 e. The summed E-state index contributed by atoms with van der Waals surface area (Å²) in [7, 11) is 0. The van der Waals surface area contributed by atoms with Gasteiger partial charge in [-0.1, -0.05) is 53.7 Å². The van der Waals surface area contributed by atoms with Crippen molar-refractivity contribution in [2.24, 2.45) is 45.3 Å². The van der Waals surface area contributed by atoms with E-state index in [0.717, 1.165) is 25.7 Å². The van der Waals surface area contributed by atoms with Gasteiger partial charge in [-0.3, -0.25) is 0 Å². The SMILES string of the molecule is C=C[C@H](O)[C@@H]1[C@H]2CC[C@@](C)([C@@H]1O)C2(C)C.C=C[C@H](O)[C@@H]1[C@H]2CC[C@@](C)([C@@H]1O)C2(C)C. The highest BCUT2D eigenvalue weighted by Gasteiger charge is 2.67. The molecule has 0 unspecified atom stereocenters. The molecular weight excluding hydrogens is 376 g/mol. The maximum Gasteiger partial charge on any atom is 0.0774 e. The smallest absolute Gasteiger partial charge is 0.0774 e. The zero-order chi connectivity index (χ0) is 22.9. The Morgan fingerprint density at radius 2 is 1.00 bits per heavy atom. The van der Waals surface area contributed by atoms with Gasteiger partial charge in [0.1, 0.15) is 0 Å². The van der Waals surface area contributed by atoms with E-state index in [4.69, 9.17) is 0 Å². The van der Waals surface area contributed by atoms with Crippen LogP contribution in [-0.4, -0.2) is 44.8 Å². The molecule has 4 fully saturated rings. The van der Waals surface area contributed by atoms with Crippen molar-refractivity contribution in [1.82, 2.24) is 0 Å². The van der Waals surface area contributed by atoms with Gasteiger partial charge in [0, 0.05) is 11.8 Å². The Balaban J connectivity index is 0.000000171. The van der Waals surface area contributed by atoms with Gasteiger partial charge in [-0.2, -0.15) is 0 Å². The van der Waals surface area contributed by atoms with E-state index in [1.165, 1.54) is 0 Å². The molecule has 4 N–H and O–H groups in total. The fraction of sp³-hybridized carbons (Fsp3) is 0.846. The first-order valence-electron chi connectivity index (χ1n) is 11.7. The summed E-state index contributed by atoms with van der Waals surface area (Å²) in [6.07, 6.45) is 5.61. The van der Waals surface area contributed by atoms with Gasteiger partial charge < -0.3 is 20.4 Å². The highest BCUT2D eigenvalue weighted by Crippen LogP contribution is 2.69. The minimum atomic E-state index is -0.564. The molecule has 4 nitrogen and oxygen atoms in total. The molecule has 4 saturated carbocycles. The number of hydrogen-bond acceptors (Lipinski definition) is 4. The van der Waals surface area contributed by atoms with Crippen LogP contribution in [0.3, 0.4) is 0 Å². The fourth-order valence-corrected chi connectivity index (χ4v) is 7.98. The van der Waals surface area contributed by atoms with Crippen LogP contribution < -0.4 is 0 Å². The zero-order valence-electron chi connectivity index (χ0n) is 19.8. The molecule has 0 aromatic heterocycles. The standard InChI is InChI=1S/2C13H22O2/c2*1-5-9(14)10-8-6-7-13(4,11(10)15)12(8,2)3/h2*5,8-11,14-15H,1,6-7H2,2-4H3/t2*8-,9+,10+,11-,13+/m11/s1. The number of aliphatic hydroxyl groups is 4. The topological polar surface area (TPSA) is 80.9 Å². The summed E-state index contributed by atoms with van der Waals surface area (Å²) in [5, 5.41) is 40.6. The van der Waals surface area contributed by atoms with Crippen LogP contribution in [0.25, 0.3) is 0 Å². The Kier molecular flexibility index (Phi) is 5.94. The van der Waals surface area contributed by atoms with Crippen LogP contribution in [0.2, 0.25) is 0 Å². The van der Waals surface area contributed by atoms with Crippen LogP contribution in [0.15, 0.2) is 25.3 Å². The molecular formula is C26H44O4. The van der Waals surface area contributed by atoms with Crippen molar-refractivity contribution in [3.8, 4) is 0 Å². The summed E-state index contributed by atoms with van der Waals surface area (Å²) in [5.41, 5.74) is 0.181. The first-order chi connectivity index (χ1) is 13.7. The molecule has 30 heavy (non-hydrogen) atoms. The summed E-state index contributed by atoms with van der Waals surface area (Å²) in [6, 6.07) is 0. The number of fused-ring (bicyclic) bond motifs is 4. The van der Waals surface area contributed by atoms with Gasteiger partial charge in [0.05, 0.1) is 24.4 Å². The number of rotatable bonds is 4. The molecule has 10 atom stereocenters. The summed E-state index contributed by atoms with van der Waals surface area (Å²) in [4.78, 5) is 0. The third-order valence-electron chi connectivity index (χ3n) is 11.0. The Bertz CT molecular complexity index is 627. The first-order valence-corrected chi connectivity index (χ1v) is 11.7. The number of hydrogen-bond donors (Lipinski definition) is 4. The first kappa shape index (κ1) is 24.0. The molecule has 4 rings (SSSR count).